The Balaban J connectivity index is 1.88. The molecule has 0 heterocycles. The molecule has 0 aliphatic carbocycles. The van der Waals surface area contributed by atoms with E-state index in [0.29, 0.717) is 12.1 Å². The van der Waals surface area contributed by atoms with E-state index in [1.165, 1.54) is 0 Å². The molecule has 0 bridgehead atoms. The molecule has 2 aromatic rings. The number of carbonyl (C=O) groups is 2. The SMILES string of the molecule is CC(C)(C)CC(NC(=O)CCNC(=O)c1ccccc1)c1ccccc1. The molecular weight excluding hydrogens is 324 g/mol. The van der Waals surface area contributed by atoms with Crippen molar-refractivity contribution in [2.45, 2.75) is 39.7 Å². The van der Waals surface area contributed by atoms with Gasteiger partial charge in [-0.1, -0.05) is 69.3 Å². The van der Waals surface area contributed by atoms with Gasteiger partial charge in [0.2, 0.25) is 5.91 Å². The molecule has 26 heavy (non-hydrogen) atoms. The summed E-state index contributed by atoms with van der Waals surface area (Å²) in [4.78, 5) is 24.4. The van der Waals surface area contributed by atoms with E-state index in [1.54, 1.807) is 12.1 Å². The molecule has 0 spiro atoms. The maximum absolute atomic E-state index is 12.4. The highest BCUT2D eigenvalue weighted by molar-refractivity contribution is 5.94. The first-order valence-corrected chi connectivity index (χ1v) is 9.03. The van der Waals surface area contributed by atoms with Crippen molar-refractivity contribution >= 4 is 11.8 Å². The van der Waals surface area contributed by atoms with Crippen molar-refractivity contribution in [2.75, 3.05) is 6.54 Å². The van der Waals surface area contributed by atoms with Gasteiger partial charge < -0.3 is 10.6 Å². The Kier molecular flexibility index (Phi) is 6.96. The monoisotopic (exact) mass is 352 g/mol. The third-order valence-corrected chi connectivity index (χ3v) is 4.03. The summed E-state index contributed by atoms with van der Waals surface area (Å²) in [6.45, 7) is 6.80. The topological polar surface area (TPSA) is 58.2 Å². The van der Waals surface area contributed by atoms with E-state index in [0.717, 1.165) is 12.0 Å². The first kappa shape index (κ1) is 19.7. The second kappa shape index (κ2) is 9.18. The fourth-order valence-corrected chi connectivity index (χ4v) is 2.80. The Morgan fingerprint density at radius 3 is 2.08 bits per heavy atom. The smallest absolute Gasteiger partial charge is 0.251 e. The second-order valence-electron chi connectivity index (χ2n) is 7.67. The van der Waals surface area contributed by atoms with Gasteiger partial charge in [0.25, 0.3) is 5.91 Å². The van der Waals surface area contributed by atoms with Crippen molar-refractivity contribution in [3.63, 3.8) is 0 Å². The van der Waals surface area contributed by atoms with Crippen LogP contribution >= 0.6 is 0 Å². The lowest BCUT2D eigenvalue weighted by atomic mass is 9.85. The van der Waals surface area contributed by atoms with E-state index in [4.69, 9.17) is 0 Å². The lowest BCUT2D eigenvalue weighted by Gasteiger charge is -2.27. The van der Waals surface area contributed by atoms with Crippen LogP contribution in [0.1, 0.15) is 55.6 Å². The minimum atomic E-state index is -0.160. The first-order chi connectivity index (χ1) is 12.3. The summed E-state index contributed by atoms with van der Waals surface area (Å²) in [5.74, 6) is -0.218. The summed E-state index contributed by atoms with van der Waals surface area (Å²) in [5.41, 5.74) is 1.79. The van der Waals surface area contributed by atoms with Crippen LogP contribution in [0, 0.1) is 5.41 Å². The van der Waals surface area contributed by atoms with Gasteiger partial charge in [0.05, 0.1) is 6.04 Å². The molecule has 2 rings (SSSR count). The van der Waals surface area contributed by atoms with E-state index < -0.39 is 0 Å². The highest BCUT2D eigenvalue weighted by Gasteiger charge is 2.21. The van der Waals surface area contributed by atoms with Crippen molar-refractivity contribution in [3.05, 3.63) is 71.8 Å². The van der Waals surface area contributed by atoms with Crippen molar-refractivity contribution in [3.8, 4) is 0 Å². The zero-order valence-corrected chi connectivity index (χ0v) is 15.8. The summed E-state index contributed by atoms with van der Waals surface area (Å²) in [6, 6.07) is 19.0. The summed E-state index contributed by atoms with van der Waals surface area (Å²) < 4.78 is 0. The fourth-order valence-electron chi connectivity index (χ4n) is 2.80. The van der Waals surface area contributed by atoms with E-state index in [9.17, 15) is 9.59 Å². The normalized spacial score (nSPS) is 12.3. The van der Waals surface area contributed by atoms with Gasteiger partial charge in [-0.3, -0.25) is 9.59 Å². The zero-order valence-electron chi connectivity index (χ0n) is 15.8. The highest BCUT2D eigenvalue weighted by Crippen LogP contribution is 2.29. The Morgan fingerprint density at radius 1 is 0.923 bits per heavy atom. The van der Waals surface area contributed by atoms with Crippen molar-refractivity contribution < 1.29 is 9.59 Å². The van der Waals surface area contributed by atoms with Crippen LogP contribution in [0.15, 0.2) is 60.7 Å². The van der Waals surface area contributed by atoms with E-state index in [-0.39, 0.29) is 29.7 Å². The van der Waals surface area contributed by atoms with Crippen LogP contribution in [0.25, 0.3) is 0 Å². The summed E-state index contributed by atoms with van der Waals surface area (Å²) >= 11 is 0. The molecule has 2 aromatic carbocycles. The number of hydrogen-bond donors (Lipinski definition) is 2. The fraction of sp³-hybridized carbons (Fsp3) is 0.364. The van der Waals surface area contributed by atoms with Gasteiger partial charge in [-0.05, 0) is 29.5 Å². The van der Waals surface area contributed by atoms with Gasteiger partial charge >= 0.3 is 0 Å². The lowest BCUT2D eigenvalue weighted by Crippen LogP contribution is -2.34. The van der Waals surface area contributed by atoms with E-state index in [1.807, 2.05) is 48.5 Å². The predicted octanol–water partition coefficient (Wildman–Crippen LogP) is 4.10. The second-order valence-corrected chi connectivity index (χ2v) is 7.67. The third kappa shape index (κ3) is 6.71. The highest BCUT2D eigenvalue weighted by atomic mass is 16.2. The number of amides is 2. The summed E-state index contributed by atoms with van der Waals surface area (Å²) in [7, 11) is 0. The molecule has 2 N–H and O–H groups in total. The van der Waals surface area contributed by atoms with Gasteiger partial charge in [0, 0.05) is 18.5 Å². The van der Waals surface area contributed by atoms with Crippen LogP contribution in [0.5, 0.6) is 0 Å². The van der Waals surface area contributed by atoms with Crippen molar-refractivity contribution in [1.29, 1.82) is 0 Å². The molecule has 2 amide bonds. The summed E-state index contributed by atoms with van der Waals surface area (Å²) in [6.07, 6.45) is 1.10. The molecule has 0 aromatic heterocycles. The molecule has 4 nitrogen and oxygen atoms in total. The minimum absolute atomic E-state index is 0.0338. The lowest BCUT2D eigenvalue weighted by molar-refractivity contribution is -0.121. The maximum atomic E-state index is 12.4. The van der Waals surface area contributed by atoms with Gasteiger partial charge in [-0.15, -0.1) is 0 Å². The molecule has 0 fully saturated rings. The number of nitrogens with one attached hydrogen (secondary N) is 2. The molecular formula is C22H28N2O2. The van der Waals surface area contributed by atoms with Crippen LogP contribution in [-0.2, 0) is 4.79 Å². The molecule has 138 valence electrons. The van der Waals surface area contributed by atoms with E-state index in [2.05, 4.69) is 31.4 Å². The molecule has 0 radical (unpaired) electrons. The van der Waals surface area contributed by atoms with Gasteiger partial charge in [-0.2, -0.15) is 0 Å². The van der Waals surface area contributed by atoms with Crippen LogP contribution in [0.2, 0.25) is 0 Å². The molecule has 1 atom stereocenters. The van der Waals surface area contributed by atoms with Crippen molar-refractivity contribution in [1.82, 2.24) is 10.6 Å². The van der Waals surface area contributed by atoms with Crippen molar-refractivity contribution in [2.24, 2.45) is 5.41 Å². The Morgan fingerprint density at radius 2 is 1.50 bits per heavy atom. The molecule has 0 saturated carbocycles. The van der Waals surface area contributed by atoms with Crippen LogP contribution in [0.3, 0.4) is 0 Å². The number of carbonyl (C=O) groups excluding carboxylic acids is 2. The van der Waals surface area contributed by atoms with Gasteiger partial charge in [-0.25, -0.2) is 0 Å². The predicted molar refractivity (Wildman–Crippen MR) is 105 cm³/mol. The first-order valence-electron chi connectivity index (χ1n) is 9.03. The Labute approximate surface area is 156 Å². The average Bonchev–Trinajstić information content (AvgIpc) is 2.61. The zero-order chi connectivity index (χ0) is 19.0. The number of hydrogen-bond acceptors (Lipinski definition) is 2. The average molecular weight is 352 g/mol. The van der Waals surface area contributed by atoms with Crippen LogP contribution in [-0.4, -0.2) is 18.4 Å². The third-order valence-electron chi connectivity index (χ3n) is 4.03. The van der Waals surface area contributed by atoms with E-state index >= 15 is 0 Å². The Bertz CT molecular complexity index is 706. The summed E-state index contributed by atoms with van der Waals surface area (Å²) in [5, 5.41) is 5.90. The molecule has 4 heteroatoms. The van der Waals surface area contributed by atoms with Gasteiger partial charge in [0.15, 0.2) is 0 Å². The minimum Gasteiger partial charge on any atom is -0.352 e. The molecule has 0 saturated heterocycles. The Hall–Kier alpha value is -2.62. The molecule has 0 aliphatic rings. The standard InChI is InChI=1S/C22H28N2O2/c1-22(2,3)16-19(17-10-6-4-7-11-17)24-20(25)14-15-23-21(26)18-12-8-5-9-13-18/h4-13,19H,14-16H2,1-3H3,(H,23,26)(H,24,25). The number of benzene rings is 2. The van der Waals surface area contributed by atoms with Gasteiger partial charge in [0.1, 0.15) is 0 Å². The molecule has 0 aliphatic heterocycles. The maximum Gasteiger partial charge on any atom is 0.251 e. The number of rotatable bonds is 7. The molecule has 1 unspecified atom stereocenters. The van der Waals surface area contributed by atoms with Crippen LogP contribution < -0.4 is 10.6 Å². The largest absolute Gasteiger partial charge is 0.352 e. The van der Waals surface area contributed by atoms with Crippen LogP contribution in [0.4, 0.5) is 0 Å². The quantitative estimate of drug-likeness (QED) is 0.788.